The van der Waals surface area contributed by atoms with Gasteiger partial charge in [0.15, 0.2) is 11.0 Å². The average Bonchev–Trinajstić information content (AvgIpc) is 2.49. The predicted octanol–water partition coefficient (Wildman–Crippen LogP) is 4.44. The van der Waals surface area contributed by atoms with Crippen molar-refractivity contribution in [2.45, 2.75) is 6.92 Å². The molecule has 3 nitrogen and oxygen atoms in total. The fourth-order valence-corrected chi connectivity index (χ4v) is 2.44. The number of anilines is 2. The normalized spacial score (nSPS) is 10.7. The third kappa shape index (κ3) is 2.32. The minimum Gasteiger partial charge on any atom is -0.324 e. The molecule has 0 aliphatic rings. The van der Waals surface area contributed by atoms with Crippen molar-refractivity contribution in [3.8, 4) is 0 Å². The largest absolute Gasteiger partial charge is 0.324 e. The molecule has 100 valence electrons. The molecule has 0 spiro atoms. The summed E-state index contributed by atoms with van der Waals surface area (Å²) in [6.07, 6.45) is 0. The molecule has 2 aromatic carbocycles. The third-order valence-corrected chi connectivity index (χ3v) is 3.40. The molecule has 1 aromatic heterocycles. The molecule has 0 N–H and O–H groups in total. The number of para-hydroxylation sites is 3. The van der Waals surface area contributed by atoms with Crippen molar-refractivity contribution < 1.29 is 0 Å². The zero-order chi connectivity index (χ0) is 13.9. The van der Waals surface area contributed by atoms with Crippen LogP contribution >= 0.6 is 11.6 Å². The number of nitrogens with zero attached hydrogens (tertiary/aromatic N) is 3. The summed E-state index contributed by atoms with van der Waals surface area (Å²) < 4.78 is 0. The van der Waals surface area contributed by atoms with E-state index in [0.717, 1.165) is 23.3 Å². The Morgan fingerprint density at radius 3 is 2.15 bits per heavy atom. The van der Waals surface area contributed by atoms with Crippen LogP contribution in [0.1, 0.15) is 6.92 Å². The molecule has 0 fully saturated rings. The Bertz CT molecular complexity index is 728. The molecule has 0 saturated carbocycles. The van der Waals surface area contributed by atoms with Crippen molar-refractivity contribution in [2.75, 3.05) is 11.4 Å². The van der Waals surface area contributed by atoms with Crippen LogP contribution in [0.3, 0.4) is 0 Å². The van der Waals surface area contributed by atoms with Gasteiger partial charge in [-0.2, -0.15) is 0 Å². The van der Waals surface area contributed by atoms with Gasteiger partial charge in [-0.3, -0.25) is 0 Å². The molecule has 4 heteroatoms. The Morgan fingerprint density at radius 2 is 1.50 bits per heavy atom. The van der Waals surface area contributed by atoms with Gasteiger partial charge >= 0.3 is 0 Å². The van der Waals surface area contributed by atoms with Crippen molar-refractivity contribution in [1.29, 1.82) is 0 Å². The van der Waals surface area contributed by atoms with E-state index in [1.807, 2.05) is 54.6 Å². The number of fused-ring (bicyclic) bond motifs is 1. The molecular weight excluding hydrogens is 270 g/mol. The van der Waals surface area contributed by atoms with Crippen molar-refractivity contribution in [3.63, 3.8) is 0 Å². The average molecular weight is 284 g/mol. The summed E-state index contributed by atoms with van der Waals surface area (Å²) in [6, 6.07) is 17.8. The van der Waals surface area contributed by atoms with E-state index in [-0.39, 0.29) is 0 Å². The second kappa shape index (κ2) is 5.47. The molecule has 0 aliphatic carbocycles. The second-order valence-corrected chi connectivity index (χ2v) is 4.76. The van der Waals surface area contributed by atoms with Crippen molar-refractivity contribution in [3.05, 3.63) is 59.8 Å². The lowest BCUT2D eigenvalue weighted by atomic mass is 10.2. The van der Waals surface area contributed by atoms with E-state index in [1.165, 1.54) is 0 Å². The van der Waals surface area contributed by atoms with Crippen LogP contribution in [0.2, 0.25) is 5.15 Å². The summed E-state index contributed by atoms with van der Waals surface area (Å²) >= 11 is 6.31. The first-order chi connectivity index (χ1) is 9.79. The highest BCUT2D eigenvalue weighted by atomic mass is 35.5. The van der Waals surface area contributed by atoms with Gasteiger partial charge in [0, 0.05) is 12.2 Å². The quantitative estimate of drug-likeness (QED) is 0.711. The topological polar surface area (TPSA) is 29.0 Å². The lowest BCUT2D eigenvalue weighted by molar-refractivity contribution is 0.989. The highest BCUT2D eigenvalue weighted by Crippen LogP contribution is 2.30. The highest BCUT2D eigenvalue weighted by molar-refractivity contribution is 6.32. The number of benzene rings is 2. The first kappa shape index (κ1) is 12.9. The standard InChI is InChI=1S/C16H14ClN3/c1-2-20(12-8-4-3-5-9-12)16-15(17)18-13-10-6-7-11-14(13)19-16/h3-11H,2H2,1H3. The minimum atomic E-state index is 0.425. The summed E-state index contributed by atoms with van der Waals surface area (Å²) in [5.74, 6) is 0.694. The van der Waals surface area contributed by atoms with Crippen LogP contribution in [0.4, 0.5) is 11.5 Å². The molecule has 0 radical (unpaired) electrons. The van der Waals surface area contributed by atoms with E-state index in [2.05, 4.69) is 21.8 Å². The molecule has 20 heavy (non-hydrogen) atoms. The van der Waals surface area contributed by atoms with E-state index in [4.69, 9.17) is 11.6 Å². The number of halogens is 1. The number of rotatable bonds is 3. The summed E-state index contributed by atoms with van der Waals surface area (Å²) in [4.78, 5) is 11.1. The van der Waals surface area contributed by atoms with Gasteiger partial charge < -0.3 is 4.90 Å². The van der Waals surface area contributed by atoms with Crippen molar-refractivity contribution in [2.24, 2.45) is 0 Å². The maximum absolute atomic E-state index is 6.31. The van der Waals surface area contributed by atoms with Gasteiger partial charge in [-0.25, -0.2) is 9.97 Å². The summed E-state index contributed by atoms with van der Waals surface area (Å²) in [6.45, 7) is 2.84. The number of hydrogen-bond acceptors (Lipinski definition) is 3. The molecule has 0 atom stereocenters. The van der Waals surface area contributed by atoms with Gasteiger partial charge in [-0.15, -0.1) is 0 Å². The summed E-state index contributed by atoms with van der Waals surface area (Å²) in [5, 5.41) is 0.425. The van der Waals surface area contributed by atoms with Crippen LogP contribution in [-0.2, 0) is 0 Å². The monoisotopic (exact) mass is 283 g/mol. The zero-order valence-electron chi connectivity index (χ0n) is 11.1. The molecule has 0 unspecified atom stereocenters. The van der Waals surface area contributed by atoms with E-state index < -0.39 is 0 Å². The van der Waals surface area contributed by atoms with Gasteiger partial charge in [-0.1, -0.05) is 41.9 Å². The fourth-order valence-electron chi connectivity index (χ4n) is 2.20. The first-order valence-corrected chi connectivity index (χ1v) is 6.92. The fraction of sp³-hybridized carbons (Fsp3) is 0.125. The van der Waals surface area contributed by atoms with E-state index in [9.17, 15) is 0 Å². The minimum absolute atomic E-state index is 0.425. The summed E-state index contributed by atoms with van der Waals surface area (Å²) in [5.41, 5.74) is 2.72. The lowest BCUT2D eigenvalue weighted by Gasteiger charge is -2.22. The second-order valence-electron chi connectivity index (χ2n) is 4.41. The Balaban J connectivity index is 2.14. The maximum Gasteiger partial charge on any atom is 0.172 e. The van der Waals surface area contributed by atoms with E-state index in [0.29, 0.717) is 11.0 Å². The van der Waals surface area contributed by atoms with Crippen LogP contribution in [0.25, 0.3) is 11.0 Å². The molecule has 0 amide bonds. The zero-order valence-corrected chi connectivity index (χ0v) is 11.9. The van der Waals surface area contributed by atoms with Gasteiger partial charge in [0.2, 0.25) is 0 Å². The number of aromatic nitrogens is 2. The number of hydrogen-bond donors (Lipinski definition) is 0. The molecule has 0 saturated heterocycles. The molecule has 3 aromatic rings. The molecule has 1 heterocycles. The van der Waals surface area contributed by atoms with E-state index in [1.54, 1.807) is 0 Å². The third-order valence-electron chi connectivity index (χ3n) is 3.15. The highest BCUT2D eigenvalue weighted by Gasteiger charge is 2.14. The molecular formula is C16H14ClN3. The first-order valence-electron chi connectivity index (χ1n) is 6.54. The SMILES string of the molecule is CCN(c1ccccc1)c1nc2ccccc2nc1Cl. The summed E-state index contributed by atoms with van der Waals surface area (Å²) in [7, 11) is 0. The molecule has 0 aliphatic heterocycles. The van der Waals surface area contributed by atoms with Gasteiger partial charge in [0.25, 0.3) is 0 Å². The molecule has 0 bridgehead atoms. The van der Waals surface area contributed by atoms with Crippen LogP contribution in [0.5, 0.6) is 0 Å². The van der Waals surface area contributed by atoms with Crippen LogP contribution in [0, 0.1) is 0 Å². The maximum atomic E-state index is 6.31. The van der Waals surface area contributed by atoms with Crippen LogP contribution < -0.4 is 4.90 Å². The lowest BCUT2D eigenvalue weighted by Crippen LogP contribution is -2.18. The van der Waals surface area contributed by atoms with Gasteiger partial charge in [0.1, 0.15) is 0 Å². The van der Waals surface area contributed by atoms with Gasteiger partial charge in [-0.05, 0) is 31.2 Å². The predicted molar refractivity (Wildman–Crippen MR) is 83.7 cm³/mol. The molecule has 3 rings (SSSR count). The van der Waals surface area contributed by atoms with Crippen molar-refractivity contribution in [1.82, 2.24) is 9.97 Å². The van der Waals surface area contributed by atoms with Gasteiger partial charge in [0.05, 0.1) is 11.0 Å². The Hall–Kier alpha value is -2.13. The van der Waals surface area contributed by atoms with E-state index >= 15 is 0 Å². The Kier molecular flexibility index (Phi) is 3.52. The van der Waals surface area contributed by atoms with Crippen LogP contribution in [-0.4, -0.2) is 16.5 Å². The van der Waals surface area contributed by atoms with Crippen LogP contribution in [0.15, 0.2) is 54.6 Å². The Labute approximate surface area is 122 Å². The smallest absolute Gasteiger partial charge is 0.172 e. The van der Waals surface area contributed by atoms with Crippen molar-refractivity contribution >= 4 is 34.1 Å². The Morgan fingerprint density at radius 1 is 0.900 bits per heavy atom.